The fourth-order valence-electron chi connectivity index (χ4n) is 3.96. The fourth-order valence-corrected chi connectivity index (χ4v) is 3.96. The van der Waals surface area contributed by atoms with E-state index in [1.807, 2.05) is 20.8 Å². The molecule has 2 aliphatic heterocycles. The maximum Gasteiger partial charge on any atom is 0.410 e. The van der Waals surface area contributed by atoms with E-state index >= 15 is 0 Å². The summed E-state index contributed by atoms with van der Waals surface area (Å²) >= 11 is 0. The van der Waals surface area contributed by atoms with Crippen molar-refractivity contribution in [3.63, 3.8) is 0 Å². The van der Waals surface area contributed by atoms with E-state index in [2.05, 4.69) is 0 Å². The van der Waals surface area contributed by atoms with Gasteiger partial charge >= 0.3 is 6.09 Å². The molecule has 2 heterocycles. The van der Waals surface area contributed by atoms with Crippen LogP contribution in [-0.4, -0.2) is 52.6 Å². The maximum absolute atomic E-state index is 13.9. The van der Waals surface area contributed by atoms with Crippen LogP contribution in [-0.2, 0) is 15.9 Å². The first kappa shape index (κ1) is 19.1. The van der Waals surface area contributed by atoms with Gasteiger partial charge in [0.05, 0.1) is 30.9 Å². The number of ether oxygens (including phenoxy) is 2. The van der Waals surface area contributed by atoms with Crippen LogP contribution in [0.4, 0.5) is 9.18 Å². The standard InChI is InChI=1S/C20H28FNO4/c1-19(2,3)26-18(23)22-15-10-20(24,11-16(22)13-25-12-15)9-8-14-6-4-5-7-17(14)21/h4-7,15-16,24H,8-13H2,1-3H3. The van der Waals surface area contributed by atoms with Crippen LogP contribution < -0.4 is 0 Å². The van der Waals surface area contributed by atoms with Crippen molar-refractivity contribution >= 4 is 6.09 Å². The molecule has 1 aromatic carbocycles. The predicted octanol–water partition coefficient (Wildman–Crippen LogP) is 3.29. The third-order valence-corrected chi connectivity index (χ3v) is 5.06. The molecular formula is C20H28FNO4. The number of aryl methyl sites for hydroxylation is 1. The molecule has 1 amide bonds. The molecule has 3 rings (SSSR count). The molecule has 6 heteroatoms. The molecule has 0 spiro atoms. The van der Waals surface area contributed by atoms with Crippen LogP contribution in [0.3, 0.4) is 0 Å². The van der Waals surface area contributed by atoms with Crippen molar-refractivity contribution < 1.29 is 23.8 Å². The molecule has 2 atom stereocenters. The van der Waals surface area contributed by atoms with Gasteiger partial charge < -0.3 is 14.6 Å². The SMILES string of the molecule is CC(C)(C)OC(=O)N1C2COCC1CC(O)(CCc1ccccc1F)C2. The van der Waals surface area contributed by atoms with E-state index in [4.69, 9.17) is 9.47 Å². The molecule has 2 fully saturated rings. The van der Waals surface area contributed by atoms with Crippen molar-refractivity contribution in [2.45, 2.75) is 69.7 Å². The number of piperidine rings is 1. The zero-order valence-corrected chi connectivity index (χ0v) is 15.7. The van der Waals surface area contributed by atoms with Gasteiger partial charge in [0.25, 0.3) is 0 Å². The van der Waals surface area contributed by atoms with E-state index in [1.54, 1.807) is 23.1 Å². The lowest BCUT2D eigenvalue weighted by Crippen LogP contribution is -2.64. The number of halogens is 1. The first-order valence-electron chi connectivity index (χ1n) is 9.22. The Bertz CT molecular complexity index is 643. The summed E-state index contributed by atoms with van der Waals surface area (Å²) < 4.78 is 25.0. The zero-order valence-electron chi connectivity index (χ0n) is 15.7. The van der Waals surface area contributed by atoms with E-state index in [0.717, 1.165) is 0 Å². The van der Waals surface area contributed by atoms with E-state index in [9.17, 15) is 14.3 Å². The molecule has 144 valence electrons. The molecule has 0 aromatic heterocycles. The summed E-state index contributed by atoms with van der Waals surface area (Å²) in [4.78, 5) is 14.3. The number of aliphatic hydroxyl groups is 1. The highest BCUT2D eigenvalue weighted by Gasteiger charge is 2.48. The van der Waals surface area contributed by atoms with Gasteiger partial charge in [-0.05, 0) is 58.1 Å². The maximum atomic E-state index is 13.9. The van der Waals surface area contributed by atoms with Crippen LogP contribution in [0.25, 0.3) is 0 Å². The van der Waals surface area contributed by atoms with Gasteiger partial charge in [-0.2, -0.15) is 0 Å². The van der Waals surface area contributed by atoms with Gasteiger partial charge in [-0.25, -0.2) is 9.18 Å². The third kappa shape index (κ3) is 4.35. The van der Waals surface area contributed by atoms with E-state index in [1.165, 1.54) is 6.07 Å². The highest BCUT2D eigenvalue weighted by atomic mass is 19.1. The lowest BCUT2D eigenvalue weighted by atomic mass is 9.78. The summed E-state index contributed by atoms with van der Waals surface area (Å²) in [6, 6.07) is 6.21. The Morgan fingerprint density at radius 2 is 1.92 bits per heavy atom. The van der Waals surface area contributed by atoms with Crippen molar-refractivity contribution in [3.8, 4) is 0 Å². The Morgan fingerprint density at radius 1 is 1.31 bits per heavy atom. The molecule has 0 saturated carbocycles. The first-order valence-corrected chi connectivity index (χ1v) is 9.22. The van der Waals surface area contributed by atoms with Crippen molar-refractivity contribution in [2.24, 2.45) is 0 Å². The predicted molar refractivity (Wildman–Crippen MR) is 95.4 cm³/mol. The molecule has 0 aliphatic carbocycles. The minimum atomic E-state index is -0.931. The van der Waals surface area contributed by atoms with E-state index in [0.29, 0.717) is 44.5 Å². The van der Waals surface area contributed by atoms with Gasteiger partial charge in [0.1, 0.15) is 11.4 Å². The monoisotopic (exact) mass is 365 g/mol. The Hall–Kier alpha value is -1.66. The quantitative estimate of drug-likeness (QED) is 0.893. The summed E-state index contributed by atoms with van der Waals surface area (Å²) in [5.74, 6) is -0.245. The Kier molecular flexibility index (Phi) is 5.26. The van der Waals surface area contributed by atoms with Crippen molar-refractivity contribution in [1.29, 1.82) is 0 Å². The van der Waals surface area contributed by atoms with Gasteiger partial charge in [0, 0.05) is 0 Å². The molecule has 1 N–H and O–H groups in total. The molecule has 0 radical (unpaired) electrons. The molecule has 1 aromatic rings. The van der Waals surface area contributed by atoms with Crippen molar-refractivity contribution in [1.82, 2.24) is 4.90 Å². The summed E-state index contributed by atoms with van der Waals surface area (Å²) in [6.07, 6.45) is 1.40. The molecular weight excluding hydrogens is 337 g/mol. The first-order chi connectivity index (χ1) is 12.2. The average Bonchev–Trinajstić information content (AvgIpc) is 2.51. The van der Waals surface area contributed by atoms with Crippen molar-refractivity contribution in [3.05, 3.63) is 35.6 Å². The van der Waals surface area contributed by atoms with Crippen LogP contribution in [0.5, 0.6) is 0 Å². The Morgan fingerprint density at radius 3 is 2.50 bits per heavy atom. The second-order valence-electron chi connectivity index (χ2n) is 8.46. The topological polar surface area (TPSA) is 59.0 Å². The summed E-state index contributed by atoms with van der Waals surface area (Å²) in [6.45, 7) is 6.29. The van der Waals surface area contributed by atoms with E-state index in [-0.39, 0.29) is 24.0 Å². The molecule has 2 bridgehead atoms. The van der Waals surface area contributed by atoms with Crippen molar-refractivity contribution in [2.75, 3.05) is 13.2 Å². The second kappa shape index (κ2) is 7.16. The van der Waals surface area contributed by atoms with Gasteiger partial charge in [0.2, 0.25) is 0 Å². The summed E-state index contributed by atoms with van der Waals surface area (Å²) in [5.41, 5.74) is -0.887. The summed E-state index contributed by atoms with van der Waals surface area (Å²) in [5, 5.41) is 11.1. The zero-order chi connectivity index (χ0) is 18.9. The number of fused-ring (bicyclic) bond motifs is 2. The number of benzene rings is 1. The van der Waals surface area contributed by atoms with Gasteiger partial charge in [0.15, 0.2) is 0 Å². The number of hydrogen-bond acceptors (Lipinski definition) is 4. The number of nitrogens with zero attached hydrogens (tertiary/aromatic N) is 1. The third-order valence-electron chi connectivity index (χ3n) is 5.06. The van der Waals surface area contributed by atoms with Crippen LogP contribution in [0.1, 0.15) is 45.6 Å². The number of amides is 1. The average molecular weight is 365 g/mol. The smallest absolute Gasteiger partial charge is 0.410 e. The Labute approximate surface area is 154 Å². The molecule has 5 nitrogen and oxygen atoms in total. The van der Waals surface area contributed by atoms with Gasteiger partial charge in [-0.3, -0.25) is 4.90 Å². The number of carbonyl (C=O) groups excluding carboxylic acids is 1. The fraction of sp³-hybridized carbons (Fsp3) is 0.650. The Balaban J connectivity index is 1.68. The number of hydrogen-bond donors (Lipinski definition) is 1. The lowest BCUT2D eigenvalue weighted by Gasteiger charge is -2.51. The van der Waals surface area contributed by atoms with E-state index < -0.39 is 11.2 Å². The minimum Gasteiger partial charge on any atom is -0.444 e. The second-order valence-corrected chi connectivity index (χ2v) is 8.46. The van der Waals surface area contributed by atoms with Crippen LogP contribution >= 0.6 is 0 Å². The molecule has 2 saturated heterocycles. The highest BCUT2D eigenvalue weighted by molar-refractivity contribution is 5.69. The molecule has 26 heavy (non-hydrogen) atoms. The van der Waals surface area contributed by atoms with Gasteiger partial charge in [-0.15, -0.1) is 0 Å². The van der Waals surface area contributed by atoms with Crippen LogP contribution in [0, 0.1) is 5.82 Å². The van der Waals surface area contributed by atoms with Gasteiger partial charge in [-0.1, -0.05) is 18.2 Å². The molecule has 2 aliphatic rings. The van der Waals surface area contributed by atoms with Crippen LogP contribution in [0.2, 0.25) is 0 Å². The lowest BCUT2D eigenvalue weighted by molar-refractivity contribution is -0.139. The number of rotatable bonds is 3. The minimum absolute atomic E-state index is 0.219. The normalized spacial score (nSPS) is 28.7. The number of carbonyl (C=O) groups is 1. The summed E-state index contributed by atoms with van der Waals surface area (Å²) in [7, 11) is 0. The van der Waals surface area contributed by atoms with Crippen LogP contribution in [0.15, 0.2) is 24.3 Å². The molecule has 2 unspecified atom stereocenters. The number of morpholine rings is 1. The highest BCUT2D eigenvalue weighted by Crippen LogP contribution is 2.38. The largest absolute Gasteiger partial charge is 0.444 e.